The molecule has 1 amide bonds. The first-order valence-corrected chi connectivity index (χ1v) is 11.3. The molecule has 0 aliphatic carbocycles. The molecule has 28 heavy (non-hydrogen) atoms. The van der Waals surface area contributed by atoms with Gasteiger partial charge in [-0.25, -0.2) is 4.39 Å². The minimum absolute atomic E-state index is 0.00559. The van der Waals surface area contributed by atoms with E-state index >= 15 is 0 Å². The molecule has 0 bridgehead atoms. The Kier molecular flexibility index (Phi) is 6.36. The predicted molar refractivity (Wildman–Crippen MR) is 118 cm³/mol. The van der Waals surface area contributed by atoms with E-state index in [1.807, 2.05) is 22.6 Å². The summed E-state index contributed by atoms with van der Waals surface area (Å²) in [6, 6.07) is 12.6. The van der Waals surface area contributed by atoms with E-state index in [9.17, 15) is 17.6 Å². The molecule has 1 fully saturated rings. The van der Waals surface area contributed by atoms with Crippen LogP contribution >= 0.6 is 34.4 Å². The van der Waals surface area contributed by atoms with Crippen LogP contribution in [-0.2, 0) is 14.8 Å². The number of sulfonamides is 1. The average Bonchev–Trinajstić information content (AvgIpc) is 2.95. The molecule has 5 nitrogen and oxygen atoms in total. The molecule has 2 aromatic rings. The Hall–Kier alpha value is -1.98. The van der Waals surface area contributed by atoms with Gasteiger partial charge in [-0.2, -0.15) is 8.42 Å². The maximum absolute atomic E-state index is 14.3. The van der Waals surface area contributed by atoms with Gasteiger partial charge in [-0.1, -0.05) is 36.4 Å². The lowest BCUT2D eigenvalue weighted by Crippen LogP contribution is -2.29. The fraction of sp³-hybridized carbons (Fsp3) is 0.0526. The van der Waals surface area contributed by atoms with E-state index in [-0.39, 0.29) is 27.1 Å². The lowest BCUT2D eigenvalue weighted by molar-refractivity contribution is -0.121. The van der Waals surface area contributed by atoms with Gasteiger partial charge in [-0.3, -0.25) is 9.69 Å². The number of thioether (sulfide) groups is 1. The first kappa shape index (κ1) is 20.7. The number of benzene rings is 2. The second-order valence-electron chi connectivity index (χ2n) is 5.62. The van der Waals surface area contributed by atoms with Gasteiger partial charge in [0.2, 0.25) is 0 Å². The van der Waals surface area contributed by atoms with E-state index < -0.39 is 21.7 Å². The summed E-state index contributed by atoms with van der Waals surface area (Å²) in [7, 11) is -3.99. The average molecular weight is 528 g/mol. The zero-order chi connectivity index (χ0) is 20.3. The summed E-state index contributed by atoms with van der Waals surface area (Å²) in [4.78, 5) is 14.1. The van der Waals surface area contributed by atoms with E-state index in [4.69, 9.17) is 0 Å². The van der Waals surface area contributed by atoms with Crippen molar-refractivity contribution in [1.29, 1.82) is 0 Å². The van der Waals surface area contributed by atoms with Crippen molar-refractivity contribution in [2.75, 3.05) is 6.54 Å². The fourth-order valence-electron chi connectivity index (χ4n) is 2.39. The molecule has 3 rings (SSSR count). The summed E-state index contributed by atoms with van der Waals surface area (Å²) in [5.41, 5.74) is 0.244. The van der Waals surface area contributed by atoms with Gasteiger partial charge in [0.05, 0.1) is 9.80 Å². The molecule has 1 aliphatic heterocycles. The molecule has 1 saturated heterocycles. The van der Waals surface area contributed by atoms with Gasteiger partial charge in [0.1, 0.15) is 5.82 Å². The van der Waals surface area contributed by atoms with Crippen molar-refractivity contribution < 1.29 is 17.6 Å². The van der Waals surface area contributed by atoms with Gasteiger partial charge in [0.15, 0.2) is 5.17 Å². The first-order chi connectivity index (χ1) is 13.3. The highest BCUT2D eigenvalue weighted by Crippen LogP contribution is 2.34. The van der Waals surface area contributed by atoms with Crippen LogP contribution in [0.2, 0.25) is 0 Å². The highest BCUT2D eigenvalue weighted by atomic mass is 127. The Bertz CT molecular complexity index is 1100. The molecule has 2 aromatic carbocycles. The van der Waals surface area contributed by atoms with Crippen molar-refractivity contribution in [1.82, 2.24) is 4.90 Å². The fourth-order valence-corrected chi connectivity index (χ4v) is 5.11. The van der Waals surface area contributed by atoms with Crippen LogP contribution in [0.1, 0.15) is 5.56 Å². The lowest BCUT2D eigenvalue weighted by atomic mass is 10.2. The molecule has 0 atom stereocenters. The molecule has 0 spiro atoms. The van der Waals surface area contributed by atoms with E-state index in [1.165, 1.54) is 29.2 Å². The van der Waals surface area contributed by atoms with Gasteiger partial charge < -0.3 is 0 Å². The normalized spacial score (nSPS) is 17.5. The highest BCUT2D eigenvalue weighted by molar-refractivity contribution is 14.1. The standard InChI is InChI=1S/C19H14FIN2O3S2/c1-2-11-23-18(24)16(12-13-7-6-10-15(21)17(13)20)27-19(23)22-28(25,26)14-8-4-3-5-9-14/h2-10,12H,1,11H2. The molecule has 9 heteroatoms. The molecule has 0 radical (unpaired) electrons. The van der Waals surface area contributed by atoms with E-state index in [0.717, 1.165) is 11.8 Å². The van der Waals surface area contributed by atoms with E-state index in [2.05, 4.69) is 11.0 Å². The Morgan fingerprint density at radius 1 is 1.18 bits per heavy atom. The summed E-state index contributed by atoms with van der Waals surface area (Å²) >= 11 is 2.75. The summed E-state index contributed by atoms with van der Waals surface area (Å²) < 4.78 is 43.7. The first-order valence-electron chi connectivity index (χ1n) is 8.00. The van der Waals surface area contributed by atoms with Crippen molar-refractivity contribution in [2.24, 2.45) is 4.40 Å². The minimum Gasteiger partial charge on any atom is -0.282 e. The maximum Gasteiger partial charge on any atom is 0.284 e. The third kappa shape index (κ3) is 4.36. The number of halogens is 2. The van der Waals surface area contributed by atoms with Gasteiger partial charge in [0, 0.05) is 15.7 Å². The molecule has 0 saturated carbocycles. The number of amidine groups is 1. The third-order valence-corrected chi connectivity index (χ3v) is 6.94. The lowest BCUT2D eigenvalue weighted by Gasteiger charge is -2.12. The second-order valence-corrected chi connectivity index (χ2v) is 9.40. The maximum atomic E-state index is 14.3. The van der Waals surface area contributed by atoms with Crippen LogP contribution in [-0.4, -0.2) is 30.9 Å². The van der Waals surface area contributed by atoms with Gasteiger partial charge >= 0.3 is 0 Å². The quantitative estimate of drug-likeness (QED) is 0.330. The summed E-state index contributed by atoms with van der Waals surface area (Å²) in [5, 5.41) is 0.00559. The van der Waals surface area contributed by atoms with E-state index in [0.29, 0.717) is 3.57 Å². The Balaban J connectivity index is 2.03. The Morgan fingerprint density at radius 2 is 1.89 bits per heavy atom. The predicted octanol–water partition coefficient (Wildman–Crippen LogP) is 4.28. The number of nitrogens with zero attached hydrogens (tertiary/aromatic N) is 2. The number of hydrogen-bond donors (Lipinski definition) is 0. The van der Waals surface area contributed by atoms with Crippen LogP contribution < -0.4 is 0 Å². The smallest absolute Gasteiger partial charge is 0.282 e. The molecule has 0 N–H and O–H groups in total. The number of hydrogen-bond acceptors (Lipinski definition) is 4. The van der Waals surface area contributed by atoms with Crippen LogP contribution in [0, 0.1) is 9.39 Å². The van der Waals surface area contributed by atoms with Crippen molar-refractivity contribution in [3.05, 3.63) is 81.0 Å². The molecule has 1 aliphatic rings. The van der Waals surface area contributed by atoms with Crippen LogP contribution in [0.15, 0.2) is 75.4 Å². The summed E-state index contributed by atoms with van der Waals surface area (Å²) in [6.07, 6.45) is 2.87. The number of carbonyl (C=O) groups excluding carboxylic acids is 1. The zero-order valence-electron chi connectivity index (χ0n) is 14.4. The van der Waals surface area contributed by atoms with E-state index in [1.54, 1.807) is 36.4 Å². The molecule has 144 valence electrons. The minimum atomic E-state index is -3.99. The van der Waals surface area contributed by atoms with Crippen LogP contribution in [0.3, 0.4) is 0 Å². The topological polar surface area (TPSA) is 66.8 Å². The van der Waals surface area contributed by atoms with Crippen LogP contribution in [0.5, 0.6) is 0 Å². The van der Waals surface area contributed by atoms with Crippen molar-refractivity contribution >= 4 is 61.5 Å². The van der Waals surface area contributed by atoms with Crippen molar-refractivity contribution in [3.63, 3.8) is 0 Å². The number of amides is 1. The van der Waals surface area contributed by atoms with Gasteiger partial charge in [0.25, 0.3) is 15.9 Å². The van der Waals surface area contributed by atoms with Crippen LogP contribution in [0.25, 0.3) is 6.08 Å². The largest absolute Gasteiger partial charge is 0.284 e. The SMILES string of the molecule is C=CCN1C(=O)C(=Cc2cccc(I)c2F)SC1=NS(=O)(=O)c1ccccc1. The second kappa shape index (κ2) is 8.58. The number of rotatable bonds is 5. The van der Waals surface area contributed by atoms with Crippen molar-refractivity contribution in [2.45, 2.75) is 4.90 Å². The monoisotopic (exact) mass is 528 g/mol. The van der Waals surface area contributed by atoms with Gasteiger partial charge in [-0.15, -0.1) is 11.0 Å². The highest BCUT2D eigenvalue weighted by Gasteiger charge is 2.34. The summed E-state index contributed by atoms with van der Waals surface area (Å²) in [5.74, 6) is -0.897. The molecule has 1 heterocycles. The zero-order valence-corrected chi connectivity index (χ0v) is 18.2. The summed E-state index contributed by atoms with van der Waals surface area (Å²) in [6.45, 7) is 3.68. The number of carbonyl (C=O) groups is 1. The molecule has 0 aromatic heterocycles. The molecular weight excluding hydrogens is 514 g/mol. The molecule has 0 unspecified atom stereocenters. The van der Waals surface area contributed by atoms with Gasteiger partial charge in [-0.05, 0) is 58.6 Å². The van der Waals surface area contributed by atoms with Crippen molar-refractivity contribution in [3.8, 4) is 0 Å². The van der Waals surface area contributed by atoms with Crippen LogP contribution in [0.4, 0.5) is 4.39 Å². The third-order valence-electron chi connectivity index (χ3n) is 3.71. The Labute approximate surface area is 180 Å². The Morgan fingerprint density at radius 3 is 2.57 bits per heavy atom. The molecular formula is C19H14FIN2O3S2.